The van der Waals surface area contributed by atoms with Gasteiger partial charge in [-0.05, 0) is 67.1 Å². The largest absolute Gasteiger partial charge is 0.488 e. The van der Waals surface area contributed by atoms with Gasteiger partial charge in [0, 0.05) is 43.9 Å². The molecule has 2 heterocycles. The maximum absolute atomic E-state index is 12.7. The number of methoxy groups -OCH3 is 1. The van der Waals surface area contributed by atoms with E-state index in [-0.39, 0.29) is 17.9 Å². The SMILES string of the molecule is CC[C@@H]1CN(Cc2cc(-n3ncc(C(=O)OC)c3[C@@H]3CC3/C(N)=C/N(C)N)ccc2C)Sc2ccccc2O1. The minimum Gasteiger partial charge on any atom is -0.488 e. The first-order valence-electron chi connectivity index (χ1n) is 13.2. The first-order chi connectivity index (χ1) is 18.8. The topological polar surface area (TPSA) is 112 Å². The van der Waals surface area contributed by atoms with Crippen LogP contribution in [0.1, 0.15) is 52.9 Å². The number of nitrogens with zero attached hydrogens (tertiary/aromatic N) is 4. The average molecular weight is 549 g/mol. The summed E-state index contributed by atoms with van der Waals surface area (Å²) in [6.07, 6.45) is 5.17. The second-order valence-corrected chi connectivity index (χ2v) is 11.3. The molecule has 1 aromatic heterocycles. The van der Waals surface area contributed by atoms with E-state index < -0.39 is 5.97 Å². The van der Waals surface area contributed by atoms with Gasteiger partial charge < -0.3 is 20.2 Å². The van der Waals surface area contributed by atoms with Gasteiger partial charge in [-0.3, -0.25) is 0 Å². The molecule has 1 aliphatic heterocycles. The molecular weight excluding hydrogens is 512 g/mol. The van der Waals surface area contributed by atoms with Crippen LogP contribution in [0.4, 0.5) is 0 Å². The van der Waals surface area contributed by atoms with Gasteiger partial charge in [0.05, 0.1) is 29.6 Å². The molecule has 1 unspecified atom stereocenters. The first-order valence-corrected chi connectivity index (χ1v) is 14.0. The number of hydrogen-bond donors (Lipinski definition) is 2. The van der Waals surface area contributed by atoms with Crippen molar-refractivity contribution >= 4 is 17.9 Å². The number of allylic oxidation sites excluding steroid dienone is 1. The summed E-state index contributed by atoms with van der Waals surface area (Å²) in [5.41, 5.74) is 11.6. The number of aromatic nitrogens is 2. The van der Waals surface area contributed by atoms with E-state index in [9.17, 15) is 4.79 Å². The Morgan fingerprint density at radius 3 is 2.85 bits per heavy atom. The van der Waals surface area contributed by atoms with Crippen molar-refractivity contribution in [3.63, 3.8) is 0 Å². The summed E-state index contributed by atoms with van der Waals surface area (Å²) >= 11 is 1.73. The van der Waals surface area contributed by atoms with Gasteiger partial charge in [0.2, 0.25) is 0 Å². The van der Waals surface area contributed by atoms with Crippen molar-refractivity contribution in [2.24, 2.45) is 17.5 Å². The highest BCUT2D eigenvalue weighted by atomic mass is 32.2. The molecule has 2 aromatic carbocycles. The lowest BCUT2D eigenvalue weighted by Gasteiger charge is -2.23. The van der Waals surface area contributed by atoms with E-state index in [4.69, 9.17) is 21.1 Å². The van der Waals surface area contributed by atoms with Crippen LogP contribution in [0, 0.1) is 12.8 Å². The number of fused-ring (bicyclic) bond motifs is 1. The van der Waals surface area contributed by atoms with E-state index in [0.29, 0.717) is 11.3 Å². The predicted octanol–water partition coefficient (Wildman–Crippen LogP) is 4.36. The van der Waals surface area contributed by atoms with Gasteiger partial charge in [-0.1, -0.05) is 25.1 Å². The van der Waals surface area contributed by atoms with Gasteiger partial charge in [-0.25, -0.2) is 19.6 Å². The number of aryl methyl sites for hydroxylation is 1. The van der Waals surface area contributed by atoms with Crippen molar-refractivity contribution < 1.29 is 14.3 Å². The summed E-state index contributed by atoms with van der Waals surface area (Å²) in [6, 6.07) is 14.5. The van der Waals surface area contributed by atoms with Crippen LogP contribution < -0.4 is 16.3 Å². The van der Waals surface area contributed by atoms with E-state index in [2.05, 4.69) is 41.5 Å². The van der Waals surface area contributed by atoms with Crippen LogP contribution in [-0.4, -0.2) is 51.9 Å². The van der Waals surface area contributed by atoms with Crippen LogP contribution in [0.5, 0.6) is 5.75 Å². The zero-order valence-electron chi connectivity index (χ0n) is 22.8. The van der Waals surface area contributed by atoms with E-state index >= 15 is 0 Å². The van der Waals surface area contributed by atoms with E-state index in [1.165, 1.54) is 23.2 Å². The zero-order chi connectivity index (χ0) is 27.7. The third-order valence-electron chi connectivity index (χ3n) is 7.29. The van der Waals surface area contributed by atoms with Crippen LogP contribution in [-0.2, 0) is 11.3 Å². The third kappa shape index (κ3) is 5.78. The molecule has 10 heteroatoms. The number of ether oxygens (including phenoxy) is 2. The van der Waals surface area contributed by atoms with Crippen LogP contribution in [0.3, 0.4) is 0 Å². The van der Waals surface area contributed by atoms with Gasteiger partial charge in [-0.2, -0.15) is 5.10 Å². The van der Waals surface area contributed by atoms with Crippen molar-refractivity contribution in [3.8, 4) is 11.4 Å². The highest BCUT2D eigenvalue weighted by molar-refractivity contribution is 7.97. The fraction of sp³-hybridized carbons (Fsp3) is 0.379. The fourth-order valence-corrected chi connectivity index (χ4v) is 6.15. The minimum absolute atomic E-state index is 0.0441. The Labute approximate surface area is 233 Å². The summed E-state index contributed by atoms with van der Waals surface area (Å²) in [6.45, 7) is 5.83. The lowest BCUT2D eigenvalue weighted by molar-refractivity contribution is 0.0599. The molecule has 3 aromatic rings. The average Bonchev–Trinajstić information content (AvgIpc) is 3.63. The molecule has 1 saturated carbocycles. The molecule has 5 rings (SSSR count). The standard InChI is InChI=1S/C29H36N6O3S/c1-5-21-16-34(39-27-9-7-6-8-26(27)38-21)15-19-12-20(11-10-18(19)2)35-28(24(14-32-35)29(36)37-4)23-13-22(23)25(30)17-33(3)31/h6-12,14,17,21-23H,5,13,15-16,30-31H2,1-4H3/b25-17-/t21-,22?,23-/m1/s1. The Bertz CT molecular complexity index is 1390. The molecule has 0 amide bonds. The third-order valence-corrected chi connectivity index (χ3v) is 8.36. The molecular formula is C29H36N6O3S. The summed E-state index contributed by atoms with van der Waals surface area (Å²) in [4.78, 5) is 13.8. The molecule has 206 valence electrons. The second-order valence-electron chi connectivity index (χ2n) is 10.2. The number of benzene rings is 2. The van der Waals surface area contributed by atoms with E-state index in [1.54, 1.807) is 31.4 Å². The Morgan fingerprint density at radius 2 is 2.10 bits per heavy atom. The lowest BCUT2D eigenvalue weighted by atomic mass is 10.1. The number of carbonyl (C=O) groups is 1. The molecule has 0 spiro atoms. The summed E-state index contributed by atoms with van der Waals surface area (Å²) in [5.74, 6) is 6.44. The molecule has 0 bridgehead atoms. The second kappa shape index (κ2) is 11.3. The van der Waals surface area contributed by atoms with Crippen molar-refractivity contribution in [2.75, 3.05) is 20.7 Å². The number of nitrogens with two attached hydrogens (primary N) is 2. The Morgan fingerprint density at radius 1 is 1.31 bits per heavy atom. The van der Waals surface area contributed by atoms with Gasteiger partial charge in [-0.15, -0.1) is 0 Å². The summed E-state index contributed by atoms with van der Waals surface area (Å²) < 4.78 is 15.6. The predicted molar refractivity (Wildman–Crippen MR) is 152 cm³/mol. The highest BCUT2D eigenvalue weighted by Gasteiger charge is 2.45. The minimum atomic E-state index is -0.405. The molecule has 3 atom stereocenters. The molecule has 4 N–H and O–H groups in total. The van der Waals surface area contributed by atoms with Crippen molar-refractivity contribution in [1.82, 2.24) is 19.1 Å². The number of para-hydroxylation sites is 1. The molecule has 0 radical (unpaired) electrons. The number of hydrazine groups is 1. The van der Waals surface area contributed by atoms with E-state index in [0.717, 1.165) is 48.0 Å². The molecule has 1 fully saturated rings. The maximum Gasteiger partial charge on any atom is 0.341 e. The van der Waals surface area contributed by atoms with Gasteiger partial charge in [0.25, 0.3) is 0 Å². The fourth-order valence-electron chi connectivity index (χ4n) is 5.09. The maximum atomic E-state index is 12.7. The Hall–Kier alpha value is -3.47. The van der Waals surface area contributed by atoms with Crippen molar-refractivity contribution in [1.29, 1.82) is 0 Å². The van der Waals surface area contributed by atoms with Crippen LogP contribution in [0.25, 0.3) is 5.69 Å². The summed E-state index contributed by atoms with van der Waals surface area (Å²) in [5, 5.41) is 6.09. The van der Waals surface area contributed by atoms with Gasteiger partial charge >= 0.3 is 5.97 Å². The first kappa shape index (κ1) is 27.1. The van der Waals surface area contributed by atoms with Crippen molar-refractivity contribution in [3.05, 3.63) is 82.9 Å². The van der Waals surface area contributed by atoms with Crippen molar-refractivity contribution in [2.45, 2.75) is 50.2 Å². The normalized spacial score (nSPS) is 21.1. The number of hydrogen-bond acceptors (Lipinski definition) is 9. The Balaban J connectivity index is 1.46. The molecule has 39 heavy (non-hydrogen) atoms. The lowest BCUT2D eigenvalue weighted by Crippen LogP contribution is -2.29. The summed E-state index contributed by atoms with van der Waals surface area (Å²) in [7, 11) is 3.12. The molecule has 0 saturated heterocycles. The quantitative estimate of drug-likeness (QED) is 0.184. The van der Waals surface area contributed by atoms with Gasteiger partial charge in [0.15, 0.2) is 0 Å². The molecule has 2 aliphatic rings. The van der Waals surface area contributed by atoms with Crippen LogP contribution >= 0.6 is 11.9 Å². The Kier molecular flexibility index (Phi) is 7.88. The van der Waals surface area contributed by atoms with Gasteiger partial charge in [0.1, 0.15) is 17.4 Å². The molecule has 9 nitrogen and oxygen atoms in total. The van der Waals surface area contributed by atoms with E-state index in [1.807, 2.05) is 28.9 Å². The van der Waals surface area contributed by atoms with Crippen LogP contribution in [0.2, 0.25) is 0 Å². The molecule has 1 aliphatic carbocycles. The number of rotatable bonds is 8. The van der Waals surface area contributed by atoms with Crippen LogP contribution in [0.15, 0.2) is 65.5 Å². The highest BCUT2D eigenvalue weighted by Crippen LogP contribution is 2.52. The monoisotopic (exact) mass is 548 g/mol. The smallest absolute Gasteiger partial charge is 0.341 e. The zero-order valence-corrected chi connectivity index (χ0v) is 23.6. The number of esters is 1. The number of carbonyl (C=O) groups excluding carboxylic acids is 1.